The van der Waals surface area contributed by atoms with E-state index < -0.39 is 17.2 Å². The van der Waals surface area contributed by atoms with Crippen molar-refractivity contribution in [2.24, 2.45) is 0 Å². The Kier molecular flexibility index (Phi) is 5.83. The Balaban J connectivity index is 1.89. The summed E-state index contributed by atoms with van der Waals surface area (Å²) in [4.78, 5) is 16.5. The molecule has 1 amide bonds. The van der Waals surface area contributed by atoms with Crippen molar-refractivity contribution in [3.8, 4) is 22.3 Å². The Bertz CT molecular complexity index is 1020. The maximum atomic E-state index is 12.2. The lowest BCUT2D eigenvalue weighted by Crippen LogP contribution is -2.43. The van der Waals surface area contributed by atoms with Gasteiger partial charge in [-0.25, -0.2) is 9.78 Å². The molecule has 0 radical (unpaired) electrons. The van der Waals surface area contributed by atoms with Crippen LogP contribution in [0.25, 0.3) is 22.3 Å². The number of benzene rings is 2. The van der Waals surface area contributed by atoms with E-state index in [1.54, 1.807) is 6.20 Å². The van der Waals surface area contributed by atoms with E-state index in [1.165, 1.54) is 0 Å². The summed E-state index contributed by atoms with van der Waals surface area (Å²) in [7, 11) is 0. The number of carbonyl (C=O) groups is 1. The zero-order valence-electron chi connectivity index (χ0n) is 18.2. The van der Waals surface area contributed by atoms with Gasteiger partial charge in [0.1, 0.15) is 11.4 Å². The molecule has 0 aliphatic rings. The summed E-state index contributed by atoms with van der Waals surface area (Å²) in [6, 6.07) is 20.1. The molecule has 0 bridgehead atoms. The number of rotatable bonds is 4. The lowest BCUT2D eigenvalue weighted by atomic mass is 9.91. The first kappa shape index (κ1) is 21.4. The van der Waals surface area contributed by atoms with E-state index >= 15 is 0 Å². The average molecular weight is 404 g/mol. The van der Waals surface area contributed by atoms with Gasteiger partial charge in [0.05, 0.1) is 5.54 Å². The molecule has 1 heterocycles. The zero-order valence-corrected chi connectivity index (χ0v) is 18.2. The van der Waals surface area contributed by atoms with Crippen LogP contribution in [0.15, 0.2) is 66.9 Å². The molecule has 1 aromatic heterocycles. The second-order valence-corrected chi connectivity index (χ2v) is 8.85. The van der Waals surface area contributed by atoms with Gasteiger partial charge in [-0.05, 0) is 62.9 Å². The summed E-state index contributed by atoms with van der Waals surface area (Å²) < 4.78 is 5.39. The van der Waals surface area contributed by atoms with Crippen LogP contribution in [0.4, 0.5) is 10.6 Å². The third-order valence-electron chi connectivity index (χ3n) is 4.74. The van der Waals surface area contributed by atoms with E-state index in [2.05, 4.69) is 22.4 Å². The number of hydrogen-bond donors (Lipinski definition) is 2. The molecule has 156 valence electrons. The zero-order chi connectivity index (χ0) is 21.9. The Morgan fingerprint density at radius 3 is 2.10 bits per heavy atom. The van der Waals surface area contributed by atoms with E-state index in [4.69, 9.17) is 10.5 Å². The monoisotopic (exact) mass is 403 g/mol. The quantitative estimate of drug-likeness (QED) is 0.581. The molecule has 0 atom stereocenters. The van der Waals surface area contributed by atoms with Gasteiger partial charge in [0.2, 0.25) is 0 Å². The van der Waals surface area contributed by atoms with Gasteiger partial charge >= 0.3 is 6.09 Å². The molecule has 0 saturated carbocycles. The Hall–Kier alpha value is -3.34. The molecule has 0 saturated heterocycles. The molecule has 0 unspecified atom stereocenters. The standard InChI is InChI=1S/C25H29N3O2/c1-24(2,3)30-23(29)28-25(4,5)19-13-11-18(12-14-19)21-16-27-22(26)15-20(21)17-9-7-6-8-10-17/h6-16H,1-5H3,(H2,26,27)(H,28,29). The fourth-order valence-electron chi connectivity index (χ4n) is 3.26. The lowest BCUT2D eigenvalue weighted by molar-refractivity contribution is 0.0470. The molecule has 5 nitrogen and oxygen atoms in total. The van der Waals surface area contributed by atoms with Gasteiger partial charge in [-0.2, -0.15) is 0 Å². The minimum Gasteiger partial charge on any atom is -0.444 e. The van der Waals surface area contributed by atoms with Crippen molar-refractivity contribution in [3.63, 3.8) is 0 Å². The molecule has 0 fully saturated rings. The first-order valence-electron chi connectivity index (χ1n) is 9.98. The van der Waals surface area contributed by atoms with E-state index in [0.717, 1.165) is 27.8 Å². The van der Waals surface area contributed by atoms with Crippen LogP contribution in [-0.4, -0.2) is 16.7 Å². The van der Waals surface area contributed by atoms with E-state index in [9.17, 15) is 4.79 Å². The summed E-state index contributed by atoms with van der Waals surface area (Å²) in [6.07, 6.45) is 1.36. The normalized spacial score (nSPS) is 11.8. The number of nitrogens with zero attached hydrogens (tertiary/aromatic N) is 1. The molecular formula is C25H29N3O2. The van der Waals surface area contributed by atoms with Crippen LogP contribution in [0.5, 0.6) is 0 Å². The van der Waals surface area contributed by atoms with Gasteiger partial charge < -0.3 is 15.8 Å². The molecule has 0 aliphatic heterocycles. The molecular weight excluding hydrogens is 374 g/mol. The fraction of sp³-hybridized carbons (Fsp3) is 0.280. The smallest absolute Gasteiger partial charge is 0.408 e. The first-order valence-corrected chi connectivity index (χ1v) is 9.98. The highest BCUT2D eigenvalue weighted by Gasteiger charge is 2.26. The minimum atomic E-state index is -0.581. The topological polar surface area (TPSA) is 77.2 Å². The highest BCUT2D eigenvalue weighted by Crippen LogP contribution is 2.33. The highest BCUT2D eigenvalue weighted by atomic mass is 16.6. The van der Waals surface area contributed by atoms with E-state index in [1.807, 2.05) is 83.1 Å². The molecule has 30 heavy (non-hydrogen) atoms. The number of ether oxygens (including phenoxy) is 1. The lowest BCUT2D eigenvalue weighted by Gasteiger charge is -2.29. The molecule has 3 rings (SSSR count). The molecule has 3 N–H and O–H groups in total. The summed E-state index contributed by atoms with van der Waals surface area (Å²) >= 11 is 0. The van der Waals surface area contributed by atoms with Crippen molar-refractivity contribution in [1.82, 2.24) is 10.3 Å². The minimum absolute atomic E-state index is 0.439. The number of amides is 1. The second-order valence-electron chi connectivity index (χ2n) is 8.85. The summed E-state index contributed by atoms with van der Waals surface area (Å²) in [5, 5.41) is 2.94. The Morgan fingerprint density at radius 1 is 0.900 bits per heavy atom. The first-order chi connectivity index (χ1) is 14.0. The molecule has 3 aromatic rings. The number of hydrogen-bond acceptors (Lipinski definition) is 4. The number of aromatic nitrogens is 1. The highest BCUT2D eigenvalue weighted by molar-refractivity contribution is 5.84. The summed E-state index contributed by atoms with van der Waals surface area (Å²) in [6.45, 7) is 9.44. The predicted octanol–water partition coefficient (Wildman–Crippen LogP) is 5.76. The second kappa shape index (κ2) is 8.19. The van der Waals surface area contributed by atoms with Gasteiger partial charge in [-0.1, -0.05) is 54.6 Å². The maximum Gasteiger partial charge on any atom is 0.408 e. The van der Waals surface area contributed by atoms with Crippen molar-refractivity contribution in [3.05, 3.63) is 72.4 Å². The van der Waals surface area contributed by atoms with Crippen LogP contribution in [0.3, 0.4) is 0 Å². The van der Waals surface area contributed by atoms with Gasteiger partial charge in [-0.3, -0.25) is 0 Å². The van der Waals surface area contributed by atoms with Crippen molar-refractivity contribution in [2.75, 3.05) is 5.73 Å². The number of nitrogens with two attached hydrogens (primary N) is 1. The van der Waals surface area contributed by atoms with Crippen LogP contribution >= 0.6 is 0 Å². The molecule has 0 aliphatic carbocycles. The van der Waals surface area contributed by atoms with Crippen LogP contribution in [-0.2, 0) is 10.3 Å². The number of alkyl carbamates (subject to hydrolysis) is 1. The summed E-state index contributed by atoms with van der Waals surface area (Å²) in [5.41, 5.74) is 9.94. The van der Waals surface area contributed by atoms with Gasteiger partial charge in [0.15, 0.2) is 0 Å². The van der Waals surface area contributed by atoms with Gasteiger partial charge in [0, 0.05) is 11.8 Å². The molecule has 5 heteroatoms. The Morgan fingerprint density at radius 2 is 1.50 bits per heavy atom. The van der Waals surface area contributed by atoms with Crippen LogP contribution in [0.1, 0.15) is 40.2 Å². The number of carbonyl (C=O) groups excluding carboxylic acids is 1. The third-order valence-corrected chi connectivity index (χ3v) is 4.74. The van der Waals surface area contributed by atoms with Crippen LogP contribution < -0.4 is 11.1 Å². The number of nitrogens with one attached hydrogen (secondary N) is 1. The predicted molar refractivity (Wildman–Crippen MR) is 122 cm³/mol. The number of pyridine rings is 1. The maximum absolute atomic E-state index is 12.2. The average Bonchev–Trinajstić information content (AvgIpc) is 2.67. The Labute approximate surface area is 178 Å². The molecule has 2 aromatic carbocycles. The van der Waals surface area contributed by atoms with Crippen molar-refractivity contribution in [2.45, 2.75) is 45.8 Å². The van der Waals surface area contributed by atoms with Crippen LogP contribution in [0.2, 0.25) is 0 Å². The van der Waals surface area contributed by atoms with Crippen molar-refractivity contribution >= 4 is 11.9 Å². The van der Waals surface area contributed by atoms with E-state index in [-0.39, 0.29) is 0 Å². The van der Waals surface area contributed by atoms with Crippen molar-refractivity contribution in [1.29, 1.82) is 0 Å². The summed E-state index contributed by atoms with van der Waals surface area (Å²) in [5.74, 6) is 0.483. The fourth-order valence-corrected chi connectivity index (χ4v) is 3.26. The third kappa shape index (κ3) is 5.17. The molecule has 0 spiro atoms. The van der Waals surface area contributed by atoms with Crippen molar-refractivity contribution < 1.29 is 9.53 Å². The largest absolute Gasteiger partial charge is 0.444 e. The van der Waals surface area contributed by atoms with E-state index in [0.29, 0.717) is 5.82 Å². The number of anilines is 1. The van der Waals surface area contributed by atoms with Gasteiger partial charge in [-0.15, -0.1) is 0 Å². The number of nitrogen functional groups attached to an aromatic ring is 1. The van der Waals surface area contributed by atoms with Gasteiger partial charge in [0.25, 0.3) is 0 Å². The SMILES string of the molecule is CC(C)(C)OC(=O)NC(C)(C)c1ccc(-c2cnc(N)cc2-c2ccccc2)cc1. The van der Waals surface area contributed by atoms with Crippen LogP contribution in [0, 0.1) is 0 Å².